The number of H-pyrrole nitrogens is 1. The number of aromatic nitrogens is 3. The molecule has 3 aromatic rings. The molecule has 0 fully saturated rings. The van der Waals surface area contributed by atoms with E-state index in [1.165, 1.54) is 18.5 Å². The van der Waals surface area contributed by atoms with Gasteiger partial charge < -0.3 is 20.0 Å². The van der Waals surface area contributed by atoms with E-state index in [0.717, 1.165) is 6.08 Å². The van der Waals surface area contributed by atoms with Crippen LogP contribution in [0, 0.1) is 0 Å². The molecule has 23 heavy (non-hydrogen) atoms. The molecule has 0 unspecified atom stereocenters. The monoisotopic (exact) mass is 312 g/mol. The summed E-state index contributed by atoms with van der Waals surface area (Å²) in [6.45, 7) is 0. The molecule has 0 spiro atoms. The van der Waals surface area contributed by atoms with Crippen LogP contribution in [0.15, 0.2) is 53.2 Å². The minimum atomic E-state index is -0.542. The Bertz CT molecular complexity index is 835. The largest absolute Gasteiger partial charge is 0.504 e. The summed E-state index contributed by atoms with van der Waals surface area (Å²) in [5.41, 5.74) is 6.20. The maximum atomic E-state index is 12.0. The van der Waals surface area contributed by atoms with Gasteiger partial charge in [0.1, 0.15) is 12.1 Å². The third-order valence-corrected chi connectivity index (χ3v) is 2.83. The summed E-state index contributed by atoms with van der Waals surface area (Å²) in [5, 5.41) is 15.8. The van der Waals surface area contributed by atoms with E-state index in [1.807, 2.05) is 0 Å². The molecule has 1 aromatic carbocycles. The van der Waals surface area contributed by atoms with Crippen LogP contribution in [0.1, 0.15) is 16.4 Å². The molecule has 2 aromatic heterocycles. The lowest BCUT2D eigenvalue weighted by Crippen LogP contribution is -1.95. The highest BCUT2D eigenvalue weighted by Crippen LogP contribution is 2.25. The topological polar surface area (TPSA) is 127 Å². The number of nitrogen functional groups attached to an aromatic ring is 1. The summed E-state index contributed by atoms with van der Waals surface area (Å²) in [6.07, 6.45) is 2.25. The van der Waals surface area contributed by atoms with Crippen LogP contribution in [0.2, 0.25) is 0 Å². The molecule has 0 aliphatic rings. The highest BCUT2D eigenvalue weighted by atomic mass is 16.6. The second-order valence-electron chi connectivity index (χ2n) is 4.51. The first-order valence-corrected chi connectivity index (χ1v) is 6.56. The van der Waals surface area contributed by atoms with Crippen molar-refractivity contribution in [3.63, 3.8) is 0 Å². The van der Waals surface area contributed by atoms with Crippen LogP contribution in [0.4, 0.5) is 5.69 Å². The van der Waals surface area contributed by atoms with Gasteiger partial charge in [-0.05, 0) is 30.3 Å². The summed E-state index contributed by atoms with van der Waals surface area (Å²) in [4.78, 5) is 15.7. The zero-order valence-corrected chi connectivity index (χ0v) is 11.8. The number of nitrogens with one attached hydrogen (secondary N) is 1. The van der Waals surface area contributed by atoms with Crippen molar-refractivity contribution >= 4 is 17.2 Å². The van der Waals surface area contributed by atoms with Gasteiger partial charge in [-0.3, -0.25) is 9.89 Å². The number of benzene rings is 1. The number of anilines is 1. The van der Waals surface area contributed by atoms with Crippen LogP contribution in [0.3, 0.4) is 0 Å². The molecule has 3 rings (SSSR count). The van der Waals surface area contributed by atoms with E-state index in [9.17, 15) is 9.90 Å². The van der Waals surface area contributed by atoms with Crippen molar-refractivity contribution < 1.29 is 19.1 Å². The number of carbonyl (C=O) groups excluding carboxylic acids is 1. The van der Waals surface area contributed by atoms with Gasteiger partial charge in [-0.1, -0.05) is 0 Å². The van der Waals surface area contributed by atoms with E-state index in [1.54, 1.807) is 24.3 Å². The normalized spacial score (nSPS) is 11.4. The summed E-state index contributed by atoms with van der Waals surface area (Å²) >= 11 is 0. The Balaban J connectivity index is 1.72. The van der Waals surface area contributed by atoms with Crippen molar-refractivity contribution in [2.75, 3.05) is 5.73 Å². The Labute approximate surface area is 130 Å². The van der Waals surface area contributed by atoms with Gasteiger partial charge in [-0.2, -0.15) is 5.10 Å². The quantitative estimate of drug-likeness (QED) is 0.286. The van der Waals surface area contributed by atoms with Crippen molar-refractivity contribution in [2.24, 2.45) is 0 Å². The van der Waals surface area contributed by atoms with Crippen LogP contribution in [0.5, 0.6) is 11.7 Å². The predicted octanol–water partition coefficient (Wildman–Crippen LogP) is 2.55. The van der Waals surface area contributed by atoms with E-state index in [4.69, 9.17) is 14.9 Å². The first-order valence-electron chi connectivity index (χ1n) is 6.56. The third kappa shape index (κ3) is 3.38. The minimum Gasteiger partial charge on any atom is -0.504 e. The standard InChI is InChI=1S/C15H12N4O4/c16-9-1-3-10(4-2-9)22-14-6-5-13(23-14)11(20)7-12(21)15-17-8-18-19-15/h1-8,21H,16H2,(H,17,18,19). The molecule has 8 heteroatoms. The molecule has 0 atom stereocenters. The smallest absolute Gasteiger partial charge is 0.290 e. The molecule has 0 saturated heterocycles. The molecule has 8 nitrogen and oxygen atoms in total. The first kappa shape index (κ1) is 14.4. The fourth-order valence-electron chi connectivity index (χ4n) is 1.75. The lowest BCUT2D eigenvalue weighted by atomic mass is 10.2. The number of furan rings is 1. The van der Waals surface area contributed by atoms with Crippen molar-refractivity contribution in [3.8, 4) is 11.7 Å². The van der Waals surface area contributed by atoms with E-state index in [-0.39, 0.29) is 23.3 Å². The SMILES string of the molecule is Nc1ccc(Oc2ccc(C(=O)C=C(O)c3nc[nH]n3)o2)cc1. The van der Waals surface area contributed by atoms with Crippen molar-refractivity contribution in [3.05, 3.63) is 60.4 Å². The number of aliphatic hydroxyl groups excluding tert-OH is 1. The van der Waals surface area contributed by atoms with E-state index in [2.05, 4.69) is 15.2 Å². The number of ketones is 1. The number of hydrogen-bond donors (Lipinski definition) is 3. The Morgan fingerprint density at radius 2 is 2.04 bits per heavy atom. The molecule has 4 N–H and O–H groups in total. The molecule has 0 radical (unpaired) electrons. The summed E-state index contributed by atoms with van der Waals surface area (Å²) in [6, 6.07) is 9.66. The maximum Gasteiger partial charge on any atom is 0.290 e. The Kier molecular flexibility index (Phi) is 3.79. The molecular formula is C15H12N4O4. The average molecular weight is 312 g/mol. The number of carbonyl (C=O) groups is 1. The second-order valence-corrected chi connectivity index (χ2v) is 4.51. The predicted molar refractivity (Wildman–Crippen MR) is 81.0 cm³/mol. The molecular weight excluding hydrogens is 300 g/mol. The molecule has 0 aliphatic heterocycles. The summed E-state index contributed by atoms with van der Waals surface area (Å²) in [7, 11) is 0. The van der Waals surface area contributed by atoms with Gasteiger partial charge in [0.25, 0.3) is 5.95 Å². The Morgan fingerprint density at radius 1 is 1.26 bits per heavy atom. The van der Waals surface area contributed by atoms with Crippen LogP contribution in [0.25, 0.3) is 5.76 Å². The van der Waals surface area contributed by atoms with Crippen molar-refractivity contribution in [2.45, 2.75) is 0 Å². The molecule has 2 heterocycles. The van der Waals surface area contributed by atoms with Gasteiger partial charge in [0.15, 0.2) is 11.5 Å². The number of aromatic amines is 1. The highest BCUT2D eigenvalue weighted by Gasteiger charge is 2.13. The summed E-state index contributed by atoms with van der Waals surface area (Å²) < 4.78 is 10.7. The zero-order chi connectivity index (χ0) is 16.2. The van der Waals surface area contributed by atoms with Crippen LogP contribution < -0.4 is 10.5 Å². The molecule has 0 saturated carbocycles. The van der Waals surface area contributed by atoms with Crippen LogP contribution in [-0.2, 0) is 0 Å². The Morgan fingerprint density at radius 3 is 2.74 bits per heavy atom. The van der Waals surface area contributed by atoms with E-state index >= 15 is 0 Å². The van der Waals surface area contributed by atoms with Crippen LogP contribution >= 0.6 is 0 Å². The fraction of sp³-hybridized carbons (Fsp3) is 0. The highest BCUT2D eigenvalue weighted by molar-refractivity contribution is 6.05. The minimum absolute atomic E-state index is 0.0116. The Hall–Kier alpha value is -3.55. The maximum absolute atomic E-state index is 12.0. The lowest BCUT2D eigenvalue weighted by Gasteiger charge is -2.01. The number of allylic oxidation sites excluding steroid dienone is 1. The number of ether oxygens (including phenoxy) is 1. The number of nitrogens with zero attached hydrogens (tertiary/aromatic N) is 2. The number of rotatable bonds is 5. The molecule has 0 amide bonds. The number of nitrogens with two attached hydrogens (primary N) is 1. The number of aliphatic hydroxyl groups is 1. The van der Waals surface area contributed by atoms with Crippen molar-refractivity contribution in [1.29, 1.82) is 0 Å². The second kappa shape index (κ2) is 6.06. The zero-order valence-electron chi connectivity index (χ0n) is 11.8. The molecule has 0 aliphatic carbocycles. The van der Waals surface area contributed by atoms with Gasteiger partial charge in [-0.25, -0.2) is 4.98 Å². The van der Waals surface area contributed by atoms with Crippen molar-refractivity contribution in [1.82, 2.24) is 15.2 Å². The van der Waals surface area contributed by atoms with E-state index in [0.29, 0.717) is 11.4 Å². The molecule has 116 valence electrons. The third-order valence-electron chi connectivity index (χ3n) is 2.83. The summed E-state index contributed by atoms with van der Waals surface area (Å²) in [5.74, 6) is -0.218. The van der Waals surface area contributed by atoms with Gasteiger partial charge in [0.05, 0.1) is 0 Å². The fourth-order valence-corrected chi connectivity index (χ4v) is 1.75. The first-order chi connectivity index (χ1) is 11.1. The molecule has 0 bridgehead atoms. The lowest BCUT2D eigenvalue weighted by molar-refractivity contribution is 0.101. The van der Waals surface area contributed by atoms with Gasteiger partial charge in [-0.15, -0.1) is 0 Å². The number of hydrogen-bond acceptors (Lipinski definition) is 7. The van der Waals surface area contributed by atoms with Gasteiger partial charge in [0.2, 0.25) is 11.6 Å². The average Bonchev–Trinajstić information content (AvgIpc) is 3.21. The van der Waals surface area contributed by atoms with Crippen LogP contribution in [-0.4, -0.2) is 26.1 Å². The van der Waals surface area contributed by atoms with Gasteiger partial charge in [0, 0.05) is 17.8 Å². The van der Waals surface area contributed by atoms with Gasteiger partial charge >= 0.3 is 0 Å². The van der Waals surface area contributed by atoms with E-state index < -0.39 is 5.78 Å².